The lowest BCUT2D eigenvalue weighted by atomic mass is 10.1. The first-order valence-electron chi connectivity index (χ1n) is 7.14. The quantitative estimate of drug-likeness (QED) is 0.767. The number of amides is 2. The summed E-state index contributed by atoms with van der Waals surface area (Å²) >= 11 is 1.51. The van der Waals surface area contributed by atoms with Crippen LogP contribution in [-0.2, 0) is 4.79 Å². The highest BCUT2D eigenvalue weighted by Crippen LogP contribution is 2.35. The lowest BCUT2D eigenvalue weighted by Crippen LogP contribution is -2.38. The molecule has 0 spiro atoms. The molecule has 7 heteroatoms. The van der Waals surface area contributed by atoms with E-state index >= 15 is 0 Å². The Bertz CT molecular complexity index is 554. The van der Waals surface area contributed by atoms with Crippen LogP contribution in [0.4, 0.5) is 5.69 Å². The van der Waals surface area contributed by atoms with Crippen molar-refractivity contribution in [2.45, 2.75) is 37.0 Å². The molecule has 0 aliphatic carbocycles. The number of likely N-dealkylation sites (N-methyl/N-ethyl adjacent to an activating group) is 1. The number of nitrogens with one attached hydrogen (secondary N) is 3. The van der Waals surface area contributed by atoms with Crippen molar-refractivity contribution < 1.29 is 9.59 Å². The summed E-state index contributed by atoms with van der Waals surface area (Å²) in [4.78, 5) is 24.8. The van der Waals surface area contributed by atoms with Crippen molar-refractivity contribution in [2.24, 2.45) is 0 Å². The second-order valence-electron chi connectivity index (χ2n) is 5.13. The van der Waals surface area contributed by atoms with Crippen molar-refractivity contribution >= 4 is 41.7 Å². The molecule has 122 valence electrons. The van der Waals surface area contributed by atoms with Gasteiger partial charge in [-0.05, 0) is 38.6 Å². The summed E-state index contributed by atoms with van der Waals surface area (Å²) in [5.41, 5.74) is 1.28. The number of thioether (sulfide) groups is 1. The van der Waals surface area contributed by atoms with Crippen LogP contribution in [0.15, 0.2) is 23.1 Å². The zero-order valence-corrected chi connectivity index (χ0v) is 14.6. The molecule has 1 heterocycles. The SMILES string of the molecule is CCN[C@H](C)CNC(=O)c1ccc2c(c1)NC(=O)C(C)S2.Cl. The maximum Gasteiger partial charge on any atom is 0.251 e. The third-order valence-corrected chi connectivity index (χ3v) is 4.47. The monoisotopic (exact) mass is 343 g/mol. The van der Waals surface area contributed by atoms with Gasteiger partial charge in [-0.1, -0.05) is 6.92 Å². The molecule has 1 aliphatic rings. The van der Waals surface area contributed by atoms with E-state index in [9.17, 15) is 9.59 Å². The summed E-state index contributed by atoms with van der Waals surface area (Å²) < 4.78 is 0. The summed E-state index contributed by atoms with van der Waals surface area (Å²) in [6.45, 7) is 7.36. The number of fused-ring (bicyclic) bond motifs is 1. The Labute approximate surface area is 141 Å². The second-order valence-corrected chi connectivity index (χ2v) is 6.51. The minimum absolute atomic E-state index is 0. The molecule has 1 aromatic carbocycles. The molecule has 0 bridgehead atoms. The lowest BCUT2D eigenvalue weighted by Gasteiger charge is -2.22. The van der Waals surface area contributed by atoms with Gasteiger partial charge >= 0.3 is 0 Å². The van der Waals surface area contributed by atoms with Crippen molar-refractivity contribution in [3.63, 3.8) is 0 Å². The van der Waals surface area contributed by atoms with Gasteiger partial charge in [0.15, 0.2) is 0 Å². The lowest BCUT2D eigenvalue weighted by molar-refractivity contribution is -0.115. The topological polar surface area (TPSA) is 70.2 Å². The molecule has 1 unspecified atom stereocenters. The van der Waals surface area contributed by atoms with Gasteiger partial charge in [-0.25, -0.2) is 0 Å². The predicted molar refractivity (Wildman–Crippen MR) is 93.1 cm³/mol. The third-order valence-electron chi connectivity index (χ3n) is 3.29. The van der Waals surface area contributed by atoms with Gasteiger partial charge in [0.1, 0.15) is 0 Å². The number of hydrogen-bond acceptors (Lipinski definition) is 4. The van der Waals surface area contributed by atoms with Crippen LogP contribution in [0.1, 0.15) is 31.1 Å². The van der Waals surface area contributed by atoms with Gasteiger partial charge in [0.05, 0.1) is 10.9 Å². The second kappa shape index (κ2) is 8.41. The van der Waals surface area contributed by atoms with Crippen LogP contribution in [-0.4, -0.2) is 36.2 Å². The Hall–Kier alpha value is -1.24. The molecule has 2 amide bonds. The molecule has 5 nitrogen and oxygen atoms in total. The van der Waals surface area contributed by atoms with Crippen molar-refractivity contribution in [1.82, 2.24) is 10.6 Å². The Balaban J connectivity index is 0.00000242. The zero-order valence-electron chi connectivity index (χ0n) is 12.9. The molecule has 2 atom stereocenters. The average molecular weight is 344 g/mol. The number of carbonyl (C=O) groups excluding carboxylic acids is 2. The standard InChI is InChI=1S/C15H21N3O2S.ClH/c1-4-16-9(2)8-17-15(20)11-5-6-13-12(7-11)18-14(19)10(3)21-13;/h5-7,9-10,16H,4,8H2,1-3H3,(H,17,20)(H,18,19);1H/t9-,10?;/m1./s1. The molecule has 0 radical (unpaired) electrons. The molecular weight excluding hydrogens is 322 g/mol. The molecule has 2 rings (SSSR count). The summed E-state index contributed by atoms with van der Waals surface area (Å²) in [5.74, 6) is -0.147. The van der Waals surface area contributed by atoms with E-state index in [0.717, 1.165) is 17.1 Å². The van der Waals surface area contributed by atoms with Crippen molar-refractivity contribution in [3.05, 3.63) is 23.8 Å². The molecule has 1 aromatic rings. The van der Waals surface area contributed by atoms with E-state index in [4.69, 9.17) is 0 Å². The van der Waals surface area contributed by atoms with Crippen LogP contribution in [0.3, 0.4) is 0 Å². The highest BCUT2D eigenvalue weighted by atomic mass is 35.5. The summed E-state index contributed by atoms with van der Waals surface area (Å²) in [6.07, 6.45) is 0. The number of carbonyl (C=O) groups is 2. The van der Waals surface area contributed by atoms with Gasteiger partial charge in [0, 0.05) is 23.0 Å². The van der Waals surface area contributed by atoms with E-state index in [1.54, 1.807) is 12.1 Å². The summed E-state index contributed by atoms with van der Waals surface area (Å²) in [6, 6.07) is 5.65. The maximum absolute atomic E-state index is 12.1. The van der Waals surface area contributed by atoms with Gasteiger partial charge in [0.2, 0.25) is 5.91 Å². The number of anilines is 1. The molecule has 0 aromatic heterocycles. The smallest absolute Gasteiger partial charge is 0.251 e. The average Bonchev–Trinajstić information content (AvgIpc) is 2.46. The third kappa shape index (κ3) is 4.63. The maximum atomic E-state index is 12.1. The van der Waals surface area contributed by atoms with E-state index in [-0.39, 0.29) is 35.5 Å². The van der Waals surface area contributed by atoms with E-state index in [0.29, 0.717) is 12.1 Å². The minimum atomic E-state index is -0.125. The first kappa shape index (κ1) is 18.8. The number of benzene rings is 1. The van der Waals surface area contributed by atoms with Crippen LogP contribution in [0.2, 0.25) is 0 Å². The number of hydrogen-bond donors (Lipinski definition) is 3. The zero-order chi connectivity index (χ0) is 15.4. The van der Waals surface area contributed by atoms with E-state index in [2.05, 4.69) is 16.0 Å². The molecule has 0 saturated carbocycles. The Kier molecular flexibility index (Phi) is 7.19. The van der Waals surface area contributed by atoms with Gasteiger partial charge < -0.3 is 16.0 Å². The summed E-state index contributed by atoms with van der Waals surface area (Å²) in [5, 5.41) is 8.87. The highest BCUT2D eigenvalue weighted by Gasteiger charge is 2.23. The van der Waals surface area contributed by atoms with E-state index in [1.165, 1.54) is 11.8 Å². The highest BCUT2D eigenvalue weighted by molar-refractivity contribution is 8.00. The normalized spacial score (nSPS) is 17.8. The summed E-state index contributed by atoms with van der Waals surface area (Å²) in [7, 11) is 0. The van der Waals surface area contributed by atoms with Crippen molar-refractivity contribution in [2.75, 3.05) is 18.4 Å². The fourth-order valence-electron chi connectivity index (χ4n) is 2.12. The van der Waals surface area contributed by atoms with Gasteiger partial charge in [-0.3, -0.25) is 9.59 Å². The Morgan fingerprint density at radius 2 is 2.18 bits per heavy atom. The Morgan fingerprint density at radius 3 is 2.86 bits per heavy atom. The minimum Gasteiger partial charge on any atom is -0.350 e. The van der Waals surface area contributed by atoms with Crippen LogP contribution >= 0.6 is 24.2 Å². The predicted octanol–water partition coefficient (Wildman–Crippen LogP) is 2.27. The molecular formula is C15H22ClN3O2S. The fraction of sp³-hybridized carbons (Fsp3) is 0.467. The fourth-order valence-corrected chi connectivity index (χ4v) is 3.05. The van der Waals surface area contributed by atoms with Crippen LogP contribution < -0.4 is 16.0 Å². The Morgan fingerprint density at radius 1 is 1.45 bits per heavy atom. The number of halogens is 1. The largest absolute Gasteiger partial charge is 0.350 e. The first-order valence-corrected chi connectivity index (χ1v) is 8.02. The molecule has 1 aliphatic heterocycles. The molecule has 0 saturated heterocycles. The first-order chi connectivity index (χ1) is 10.0. The molecule has 22 heavy (non-hydrogen) atoms. The van der Waals surface area contributed by atoms with E-state index in [1.807, 2.05) is 26.8 Å². The van der Waals surface area contributed by atoms with Crippen LogP contribution in [0, 0.1) is 0 Å². The van der Waals surface area contributed by atoms with E-state index < -0.39 is 0 Å². The van der Waals surface area contributed by atoms with Gasteiger partial charge in [-0.2, -0.15) is 0 Å². The van der Waals surface area contributed by atoms with Crippen molar-refractivity contribution in [1.29, 1.82) is 0 Å². The van der Waals surface area contributed by atoms with Crippen molar-refractivity contribution in [3.8, 4) is 0 Å². The van der Waals surface area contributed by atoms with Crippen LogP contribution in [0.5, 0.6) is 0 Å². The number of rotatable bonds is 5. The van der Waals surface area contributed by atoms with Crippen LogP contribution in [0.25, 0.3) is 0 Å². The van der Waals surface area contributed by atoms with Gasteiger partial charge in [0.25, 0.3) is 5.91 Å². The molecule has 0 fully saturated rings. The van der Waals surface area contributed by atoms with Gasteiger partial charge in [-0.15, -0.1) is 24.2 Å². The molecule has 3 N–H and O–H groups in total.